The highest BCUT2D eigenvalue weighted by Gasteiger charge is 2.13. The van der Waals surface area contributed by atoms with Gasteiger partial charge in [-0.3, -0.25) is 0 Å². The van der Waals surface area contributed by atoms with Crippen molar-refractivity contribution in [3.8, 4) is 0 Å². The Kier molecular flexibility index (Phi) is 3.09. The molecule has 3 heteroatoms. The van der Waals surface area contributed by atoms with Gasteiger partial charge in [-0.1, -0.05) is 19.3 Å². The van der Waals surface area contributed by atoms with Gasteiger partial charge in [-0.15, -0.1) is 0 Å². The fourth-order valence-electron chi connectivity index (χ4n) is 2.18. The molecular formula is C12H17FN2. The van der Waals surface area contributed by atoms with Crippen molar-refractivity contribution in [1.82, 2.24) is 0 Å². The number of benzene rings is 1. The standard InChI is InChI=1S/C12H17FN2/c13-9-6-10(14)8-12(7-9)15-11-4-2-1-3-5-11/h6-8,11,15H,1-5,14H2. The molecule has 1 fully saturated rings. The van der Waals surface area contributed by atoms with Crippen molar-refractivity contribution in [1.29, 1.82) is 0 Å². The minimum atomic E-state index is -0.270. The van der Waals surface area contributed by atoms with Gasteiger partial charge in [0.1, 0.15) is 5.82 Å². The van der Waals surface area contributed by atoms with Crippen molar-refractivity contribution in [3.05, 3.63) is 24.0 Å². The first-order chi connectivity index (χ1) is 7.24. The molecule has 0 spiro atoms. The number of rotatable bonds is 2. The average Bonchev–Trinajstić information content (AvgIpc) is 2.17. The summed E-state index contributed by atoms with van der Waals surface area (Å²) < 4.78 is 13.1. The summed E-state index contributed by atoms with van der Waals surface area (Å²) in [7, 11) is 0. The molecule has 1 aliphatic rings. The fourth-order valence-corrected chi connectivity index (χ4v) is 2.18. The Morgan fingerprint density at radius 3 is 2.53 bits per heavy atom. The first-order valence-corrected chi connectivity index (χ1v) is 5.56. The topological polar surface area (TPSA) is 38.0 Å². The normalized spacial score (nSPS) is 17.7. The molecule has 1 aromatic carbocycles. The molecule has 0 aliphatic heterocycles. The van der Waals surface area contributed by atoms with Crippen LogP contribution in [0, 0.1) is 5.82 Å². The van der Waals surface area contributed by atoms with E-state index < -0.39 is 0 Å². The number of halogens is 1. The zero-order valence-electron chi connectivity index (χ0n) is 8.80. The van der Waals surface area contributed by atoms with Gasteiger partial charge in [0.05, 0.1) is 0 Å². The van der Waals surface area contributed by atoms with Gasteiger partial charge in [0.2, 0.25) is 0 Å². The zero-order valence-corrected chi connectivity index (χ0v) is 8.80. The molecule has 0 amide bonds. The lowest BCUT2D eigenvalue weighted by molar-refractivity contribution is 0.462. The largest absolute Gasteiger partial charge is 0.399 e. The van der Waals surface area contributed by atoms with Crippen LogP contribution in [0.1, 0.15) is 32.1 Å². The Labute approximate surface area is 89.7 Å². The second-order valence-electron chi connectivity index (χ2n) is 4.25. The molecule has 1 aromatic rings. The summed E-state index contributed by atoms with van der Waals surface area (Å²) in [6.45, 7) is 0. The van der Waals surface area contributed by atoms with Gasteiger partial charge >= 0.3 is 0 Å². The predicted molar refractivity (Wildman–Crippen MR) is 61.3 cm³/mol. The Hall–Kier alpha value is -1.25. The third kappa shape index (κ3) is 2.85. The van der Waals surface area contributed by atoms with E-state index in [1.54, 1.807) is 6.07 Å². The fraction of sp³-hybridized carbons (Fsp3) is 0.500. The number of hydrogen-bond donors (Lipinski definition) is 2. The maximum atomic E-state index is 13.1. The molecule has 0 unspecified atom stereocenters. The molecule has 0 heterocycles. The minimum absolute atomic E-state index is 0.270. The smallest absolute Gasteiger partial charge is 0.127 e. The third-order valence-corrected chi connectivity index (χ3v) is 2.90. The van der Waals surface area contributed by atoms with Gasteiger partial charge in [0, 0.05) is 17.4 Å². The molecule has 1 saturated carbocycles. The van der Waals surface area contributed by atoms with Crippen molar-refractivity contribution < 1.29 is 4.39 Å². The molecule has 0 atom stereocenters. The van der Waals surface area contributed by atoms with Gasteiger partial charge < -0.3 is 11.1 Å². The van der Waals surface area contributed by atoms with Crippen molar-refractivity contribution in [2.75, 3.05) is 11.1 Å². The lowest BCUT2D eigenvalue weighted by Crippen LogP contribution is -2.22. The van der Waals surface area contributed by atoms with Crippen LogP contribution in [0.3, 0.4) is 0 Å². The van der Waals surface area contributed by atoms with Crippen LogP contribution in [0.25, 0.3) is 0 Å². The first-order valence-electron chi connectivity index (χ1n) is 5.56. The Morgan fingerprint density at radius 2 is 1.87 bits per heavy atom. The molecule has 0 aromatic heterocycles. The molecule has 3 N–H and O–H groups in total. The second-order valence-corrected chi connectivity index (χ2v) is 4.25. The summed E-state index contributed by atoms with van der Waals surface area (Å²) in [5.41, 5.74) is 6.87. The molecular weight excluding hydrogens is 191 g/mol. The van der Waals surface area contributed by atoms with Crippen LogP contribution in [0.5, 0.6) is 0 Å². The molecule has 0 radical (unpaired) electrons. The Bertz CT molecular complexity index is 312. The highest BCUT2D eigenvalue weighted by atomic mass is 19.1. The number of nitrogens with two attached hydrogens (primary N) is 1. The van der Waals surface area contributed by atoms with Crippen molar-refractivity contribution >= 4 is 11.4 Å². The molecule has 2 nitrogen and oxygen atoms in total. The number of hydrogen-bond acceptors (Lipinski definition) is 2. The number of nitrogen functional groups attached to an aromatic ring is 1. The highest BCUT2D eigenvalue weighted by Crippen LogP contribution is 2.23. The summed E-state index contributed by atoms with van der Waals surface area (Å²) in [6, 6.07) is 5.12. The first kappa shape index (κ1) is 10.3. The van der Waals surface area contributed by atoms with E-state index in [1.165, 1.54) is 44.2 Å². The summed E-state index contributed by atoms with van der Waals surface area (Å²) in [6.07, 6.45) is 6.21. The maximum Gasteiger partial charge on any atom is 0.127 e. The van der Waals surface area contributed by atoms with E-state index in [4.69, 9.17) is 5.73 Å². The zero-order chi connectivity index (χ0) is 10.7. The lowest BCUT2D eigenvalue weighted by atomic mass is 9.95. The quantitative estimate of drug-likeness (QED) is 0.733. The molecule has 2 rings (SSSR count). The minimum Gasteiger partial charge on any atom is -0.399 e. The van der Waals surface area contributed by atoms with Gasteiger partial charge in [-0.05, 0) is 31.0 Å². The van der Waals surface area contributed by atoms with Crippen LogP contribution in [0.2, 0.25) is 0 Å². The van der Waals surface area contributed by atoms with Crippen LogP contribution in [0.4, 0.5) is 15.8 Å². The van der Waals surface area contributed by atoms with E-state index in [9.17, 15) is 4.39 Å². The number of nitrogens with one attached hydrogen (secondary N) is 1. The maximum absolute atomic E-state index is 13.1. The molecule has 15 heavy (non-hydrogen) atoms. The van der Waals surface area contributed by atoms with E-state index in [2.05, 4.69) is 5.32 Å². The molecule has 0 bridgehead atoms. The van der Waals surface area contributed by atoms with Crippen LogP contribution in [-0.4, -0.2) is 6.04 Å². The van der Waals surface area contributed by atoms with Crippen molar-refractivity contribution in [3.63, 3.8) is 0 Å². The lowest BCUT2D eigenvalue weighted by Gasteiger charge is -2.24. The molecule has 1 aliphatic carbocycles. The van der Waals surface area contributed by atoms with Gasteiger partial charge in [-0.2, -0.15) is 0 Å². The number of anilines is 2. The Balaban J connectivity index is 2.02. The SMILES string of the molecule is Nc1cc(F)cc(NC2CCCCC2)c1. The van der Waals surface area contributed by atoms with Gasteiger partial charge in [0.25, 0.3) is 0 Å². The van der Waals surface area contributed by atoms with E-state index in [-0.39, 0.29) is 5.82 Å². The molecule has 82 valence electrons. The van der Waals surface area contributed by atoms with Gasteiger partial charge in [0.15, 0.2) is 0 Å². The average molecular weight is 208 g/mol. The monoisotopic (exact) mass is 208 g/mol. The van der Waals surface area contributed by atoms with Crippen LogP contribution < -0.4 is 11.1 Å². The van der Waals surface area contributed by atoms with E-state index >= 15 is 0 Å². The molecule has 0 saturated heterocycles. The van der Waals surface area contributed by atoms with E-state index in [1.807, 2.05) is 0 Å². The second kappa shape index (κ2) is 4.51. The summed E-state index contributed by atoms with van der Waals surface area (Å²) >= 11 is 0. The Morgan fingerprint density at radius 1 is 1.13 bits per heavy atom. The van der Waals surface area contributed by atoms with E-state index in [0.29, 0.717) is 11.7 Å². The third-order valence-electron chi connectivity index (χ3n) is 2.90. The summed E-state index contributed by atoms with van der Waals surface area (Å²) in [4.78, 5) is 0. The highest BCUT2D eigenvalue weighted by molar-refractivity contribution is 5.55. The summed E-state index contributed by atoms with van der Waals surface area (Å²) in [5, 5.41) is 3.34. The summed E-state index contributed by atoms with van der Waals surface area (Å²) in [5.74, 6) is -0.270. The van der Waals surface area contributed by atoms with Crippen LogP contribution >= 0.6 is 0 Å². The van der Waals surface area contributed by atoms with Gasteiger partial charge in [-0.25, -0.2) is 4.39 Å². The van der Waals surface area contributed by atoms with E-state index in [0.717, 1.165) is 5.69 Å². The van der Waals surface area contributed by atoms with Crippen LogP contribution in [0.15, 0.2) is 18.2 Å². The van der Waals surface area contributed by atoms with Crippen molar-refractivity contribution in [2.24, 2.45) is 0 Å². The predicted octanol–water partition coefficient (Wildman–Crippen LogP) is 3.15. The van der Waals surface area contributed by atoms with Crippen molar-refractivity contribution in [2.45, 2.75) is 38.1 Å². The van der Waals surface area contributed by atoms with Crippen LogP contribution in [-0.2, 0) is 0 Å².